The molecule has 6 nitrogen and oxygen atoms in total. The van der Waals surface area contributed by atoms with Gasteiger partial charge in [-0.3, -0.25) is 4.79 Å². The van der Waals surface area contributed by atoms with Crippen LogP contribution in [0.3, 0.4) is 0 Å². The molecule has 0 unspecified atom stereocenters. The average Bonchev–Trinajstić information content (AvgIpc) is 3.15. The predicted molar refractivity (Wildman–Crippen MR) is 81.2 cm³/mol. The van der Waals surface area contributed by atoms with Crippen molar-refractivity contribution >= 4 is 17.6 Å². The Hall–Kier alpha value is -2.83. The molecule has 3 amide bonds. The normalized spacial score (nSPS) is 17.3. The molecule has 0 saturated carbocycles. The second kappa shape index (κ2) is 6.51. The highest BCUT2D eigenvalue weighted by Crippen LogP contribution is 2.22. The number of halogens is 1. The van der Waals surface area contributed by atoms with Crippen molar-refractivity contribution in [2.24, 2.45) is 0 Å². The SMILES string of the molecule is O=C(NCc1ccco1)N[C@H]1CC(=O)N(c2cccc(F)c2)C1. The van der Waals surface area contributed by atoms with Gasteiger partial charge in [-0.05, 0) is 30.3 Å². The Morgan fingerprint density at radius 3 is 2.96 bits per heavy atom. The topological polar surface area (TPSA) is 74.6 Å². The van der Waals surface area contributed by atoms with Gasteiger partial charge in [0.05, 0.1) is 18.8 Å². The molecule has 1 fully saturated rings. The van der Waals surface area contributed by atoms with Crippen molar-refractivity contribution in [3.63, 3.8) is 0 Å². The van der Waals surface area contributed by atoms with Crippen molar-refractivity contribution in [3.05, 3.63) is 54.2 Å². The molecule has 1 atom stereocenters. The summed E-state index contributed by atoms with van der Waals surface area (Å²) in [5, 5.41) is 5.39. The van der Waals surface area contributed by atoms with Crippen LogP contribution in [-0.2, 0) is 11.3 Å². The number of hydrogen-bond donors (Lipinski definition) is 2. The Bertz CT molecular complexity index is 702. The monoisotopic (exact) mass is 317 g/mol. The fourth-order valence-electron chi connectivity index (χ4n) is 2.51. The number of rotatable bonds is 4. The Morgan fingerprint density at radius 2 is 2.22 bits per heavy atom. The lowest BCUT2D eigenvalue weighted by Gasteiger charge is -2.17. The number of amides is 3. The maximum Gasteiger partial charge on any atom is 0.315 e. The number of nitrogens with one attached hydrogen (secondary N) is 2. The number of nitrogens with zero attached hydrogens (tertiary/aromatic N) is 1. The molecule has 0 radical (unpaired) electrons. The third-order valence-electron chi connectivity index (χ3n) is 3.58. The number of carbonyl (C=O) groups is 2. The summed E-state index contributed by atoms with van der Waals surface area (Å²) in [6.07, 6.45) is 1.71. The molecule has 1 aliphatic heterocycles. The van der Waals surface area contributed by atoms with Crippen molar-refractivity contribution in [3.8, 4) is 0 Å². The number of anilines is 1. The van der Waals surface area contributed by atoms with Gasteiger partial charge in [0.1, 0.15) is 11.6 Å². The zero-order chi connectivity index (χ0) is 16.2. The predicted octanol–water partition coefficient (Wildman–Crippen LogP) is 2.02. The molecular formula is C16H16FN3O3. The summed E-state index contributed by atoms with van der Waals surface area (Å²) >= 11 is 0. The van der Waals surface area contributed by atoms with Crippen LogP contribution in [0.4, 0.5) is 14.9 Å². The fourth-order valence-corrected chi connectivity index (χ4v) is 2.51. The van der Waals surface area contributed by atoms with Crippen LogP contribution in [0.5, 0.6) is 0 Å². The maximum absolute atomic E-state index is 13.3. The van der Waals surface area contributed by atoms with Crippen LogP contribution < -0.4 is 15.5 Å². The number of urea groups is 1. The molecule has 0 bridgehead atoms. The third-order valence-corrected chi connectivity index (χ3v) is 3.58. The second-order valence-electron chi connectivity index (χ2n) is 5.29. The van der Waals surface area contributed by atoms with Gasteiger partial charge >= 0.3 is 6.03 Å². The molecule has 2 heterocycles. The van der Waals surface area contributed by atoms with E-state index < -0.39 is 5.82 Å². The smallest absolute Gasteiger partial charge is 0.315 e. The summed E-state index contributed by atoms with van der Waals surface area (Å²) in [7, 11) is 0. The number of carbonyl (C=O) groups excluding carboxylic acids is 2. The van der Waals surface area contributed by atoms with E-state index in [4.69, 9.17) is 4.42 Å². The number of hydrogen-bond acceptors (Lipinski definition) is 3. The highest BCUT2D eigenvalue weighted by atomic mass is 19.1. The minimum atomic E-state index is -0.400. The zero-order valence-electron chi connectivity index (χ0n) is 12.3. The van der Waals surface area contributed by atoms with E-state index in [-0.39, 0.29) is 30.9 Å². The van der Waals surface area contributed by atoms with Crippen LogP contribution in [0.25, 0.3) is 0 Å². The van der Waals surface area contributed by atoms with E-state index in [1.54, 1.807) is 24.3 Å². The Balaban J connectivity index is 1.54. The molecule has 7 heteroatoms. The van der Waals surface area contributed by atoms with Crippen molar-refractivity contribution in [2.45, 2.75) is 19.0 Å². The Labute approximate surface area is 132 Å². The van der Waals surface area contributed by atoms with E-state index >= 15 is 0 Å². The van der Waals surface area contributed by atoms with E-state index in [0.29, 0.717) is 18.0 Å². The Kier molecular flexibility index (Phi) is 4.27. The molecule has 0 aliphatic carbocycles. The van der Waals surface area contributed by atoms with Gasteiger partial charge in [0, 0.05) is 18.7 Å². The average molecular weight is 317 g/mol. The van der Waals surface area contributed by atoms with Gasteiger partial charge in [0.25, 0.3) is 0 Å². The second-order valence-corrected chi connectivity index (χ2v) is 5.29. The summed E-state index contributed by atoms with van der Waals surface area (Å²) in [5.41, 5.74) is 0.496. The maximum atomic E-state index is 13.3. The van der Waals surface area contributed by atoms with E-state index in [2.05, 4.69) is 10.6 Å². The van der Waals surface area contributed by atoms with E-state index in [1.807, 2.05) is 0 Å². The summed E-state index contributed by atoms with van der Waals surface area (Å²) in [6.45, 7) is 0.587. The third kappa shape index (κ3) is 3.68. The standard InChI is InChI=1S/C16H16FN3O3/c17-11-3-1-4-13(7-11)20-10-12(8-15(20)21)19-16(22)18-9-14-5-2-6-23-14/h1-7,12H,8-10H2,(H2,18,19,22)/t12-/m0/s1. The lowest BCUT2D eigenvalue weighted by atomic mass is 10.2. The van der Waals surface area contributed by atoms with Gasteiger partial charge in [-0.1, -0.05) is 6.07 Å². The Morgan fingerprint density at radius 1 is 1.35 bits per heavy atom. The first-order valence-electron chi connectivity index (χ1n) is 7.24. The van der Waals surface area contributed by atoms with Gasteiger partial charge in [-0.2, -0.15) is 0 Å². The summed E-state index contributed by atoms with van der Waals surface area (Å²) in [5.74, 6) is 0.0962. The minimum Gasteiger partial charge on any atom is -0.467 e. The highest BCUT2D eigenvalue weighted by Gasteiger charge is 2.31. The first kappa shape index (κ1) is 15.1. The van der Waals surface area contributed by atoms with Crippen molar-refractivity contribution < 1.29 is 18.4 Å². The van der Waals surface area contributed by atoms with Gasteiger partial charge in [0.2, 0.25) is 5.91 Å². The lowest BCUT2D eigenvalue weighted by molar-refractivity contribution is -0.117. The van der Waals surface area contributed by atoms with Crippen molar-refractivity contribution in [2.75, 3.05) is 11.4 Å². The van der Waals surface area contributed by atoms with Crippen LogP contribution in [0, 0.1) is 5.82 Å². The first-order chi connectivity index (χ1) is 11.1. The van der Waals surface area contributed by atoms with Gasteiger partial charge in [-0.15, -0.1) is 0 Å². The molecule has 2 aromatic rings. The number of benzene rings is 1. The van der Waals surface area contributed by atoms with Crippen LogP contribution >= 0.6 is 0 Å². The van der Waals surface area contributed by atoms with Crippen molar-refractivity contribution in [1.29, 1.82) is 0 Å². The molecule has 1 saturated heterocycles. The van der Waals surface area contributed by atoms with Gasteiger partial charge in [-0.25, -0.2) is 9.18 Å². The molecule has 120 valence electrons. The summed E-state index contributed by atoms with van der Waals surface area (Å²) in [4.78, 5) is 25.4. The van der Waals surface area contributed by atoms with Crippen LogP contribution in [0.15, 0.2) is 47.1 Å². The summed E-state index contributed by atoms with van der Waals surface area (Å²) < 4.78 is 18.4. The lowest BCUT2D eigenvalue weighted by Crippen LogP contribution is -2.43. The fraction of sp³-hybridized carbons (Fsp3) is 0.250. The van der Waals surface area contributed by atoms with E-state index in [9.17, 15) is 14.0 Å². The largest absolute Gasteiger partial charge is 0.467 e. The molecule has 1 aromatic carbocycles. The van der Waals surface area contributed by atoms with Crippen molar-refractivity contribution in [1.82, 2.24) is 10.6 Å². The molecule has 0 spiro atoms. The summed E-state index contributed by atoms with van der Waals surface area (Å²) in [6, 6.07) is 8.64. The van der Waals surface area contributed by atoms with Crippen LogP contribution in [0.2, 0.25) is 0 Å². The quantitative estimate of drug-likeness (QED) is 0.906. The molecule has 2 N–H and O–H groups in total. The molecule has 3 rings (SSSR count). The van der Waals surface area contributed by atoms with Crippen LogP contribution in [-0.4, -0.2) is 24.5 Å². The molecular weight excluding hydrogens is 301 g/mol. The van der Waals surface area contributed by atoms with Gasteiger partial charge < -0.3 is 20.0 Å². The zero-order valence-corrected chi connectivity index (χ0v) is 12.3. The number of furan rings is 1. The van der Waals surface area contributed by atoms with Gasteiger partial charge in [0.15, 0.2) is 0 Å². The minimum absolute atomic E-state index is 0.146. The first-order valence-corrected chi connectivity index (χ1v) is 7.24. The van der Waals surface area contributed by atoms with E-state index in [0.717, 1.165) is 0 Å². The molecule has 23 heavy (non-hydrogen) atoms. The van der Waals surface area contributed by atoms with Crippen LogP contribution in [0.1, 0.15) is 12.2 Å². The molecule has 1 aromatic heterocycles. The molecule has 1 aliphatic rings. The van der Waals surface area contributed by atoms with E-state index in [1.165, 1.54) is 23.3 Å². The highest BCUT2D eigenvalue weighted by molar-refractivity contribution is 5.96.